The van der Waals surface area contributed by atoms with E-state index in [2.05, 4.69) is 29.3 Å². The van der Waals surface area contributed by atoms with Crippen molar-refractivity contribution in [3.63, 3.8) is 0 Å². The van der Waals surface area contributed by atoms with E-state index in [1.54, 1.807) is 0 Å². The summed E-state index contributed by atoms with van der Waals surface area (Å²) in [4.78, 5) is 14.7. The van der Waals surface area contributed by atoms with Crippen LogP contribution in [0.25, 0.3) is 0 Å². The number of nitrogens with one attached hydrogen (secondary N) is 1. The van der Waals surface area contributed by atoms with E-state index in [0.29, 0.717) is 0 Å². The third kappa shape index (κ3) is 3.29. The molecular formula is C18H26N2O. The molecule has 0 radical (unpaired) electrons. The summed E-state index contributed by atoms with van der Waals surface area (Å²) in [6.45, 7) is 5.16. The van der Waals surface area contributed by atoms with Crippen LogP contribution >= 0.6 is 0 Å². The maximum atomic E-state index is 12.1. The molecule has 1 aromatic rings. The van der Waals surface area contributed by atoms with Gasteiger partial charge in [-0.25, -0.2) is 0 Å². The summed E-state index contributed by atoms with van der Waals surface area (Å²) in [5, 5.41) is 2.97. The van der Waals surface area contributed by atoms with Gasteiger partial charge in [0.25, 0.3) is 5.91 Å². The Morgan fingerprint density at radius 3 is 2.67 bits per heavy atom. The van der Waals surface area contributed by atoms with Crippen molar-refractivity contribution >= 4 is 5.91 Å². The normalized spacial score (nSPS) is 19.5. The predicted octanol–water partition coefficient (Wildman–Crippen LogP) is 2.78. The van der Waals surface area contributed by atoms with E-state index >= 15 is 0 Å². The minimum absolute atomic E-state index is 0.0692. The molecule has 1 aliphatic heterocycles. The molecule has 0 saturated heterocycles. The van der Waals surface area contributed by atoms with Gasteiger partial charge in [0.1, 0.15) is 0 Å². The lowest BCUT2D eigenvalue weighted by atomic mass is 9.91. The molecule has 1 aliphatic carbocycles. The van der Waals surface area contributed by atoms with Gasteiger partial charge in [-0.2, -0.15) is 0 Å². The fourth-order valence-electron chi connectivity index (χ4n) is 3.34. The lowest BCUT2D eigenvalue weighted by Crippen LogP contribution is -2.41. The van der Waals surface area contributed by atoms with Crippen LogP contribution in [0, 0.1) is 0 Å². The molecule has 0 unspecified atom stereocenters. The van der Waals surface area contributed by atoms with Gasteiger partial charge in [-0.15, -0.1) is 0 Å². The summed E-state index contributed by atoms with van der Waals surface area (Å²) in [7, 11) is 0. The van der Waals surface area contributed by atoms with Crippen molar-refractivity contribution in [2.75, 3.05) is 19.6 Å². The molecule has 2 aliphatic rings. The van der Waals surface area contributed by atoms with Crippen molar-refractivity contribution in [3.05, 3.63) is 34.9 Å². The van der Waals surface area contributed by atoms with Crippen molar-refractivity contribution < 1.29 is 4.79 Å². The lowest BCUT2D eigenvalue weighted by Gasteiger charge is -2.36. The molecule has 3 nitrogen and oxygen atoms in total. The highest BCUT2D eigenvalue weighted by Crippen LogP contribution is 2.27. The summed E-state index contributed by atoms with van der Waals surface area (Å²) >= 11 is 0. The molecule has 0 atom stereocenters. The molecule has 1 N–H and O–H groups in total. The van der Waals surface area contributed by atoms with Crippen molar-refractivity contribution in [2.24, 2.45) is 0 Å². The predicted molar refractivity (Wildman–Crippen MR) is 85.7 cm³/mol. The molecule has 0 bridgehead atoms. The van der Waals surface area contributed by atoms with Gasteiger partial charge >= 0.3 is 0 Å². The summed E-state index contributed by atoms with van der Waals surface area (Å²) in [5.74, 6) is 0.0692. The third-order valence-electron chi connectivity index (χ3n) is 4.93. The second-order valence-electron chi connectivity index (χ2n) is 6.36. The number of carbonyl (C=O) groups excluding carboxylic acids is 1. The molecular weight excluding hydrogens is 260 g/mol. The van der Waals surface area contributed by atoms with Crippen LogP contribution in [0.2, 0.25) is 0 Å². The lowest BCUT2D eigenvalue weighted by molar-refractivity contribution is 0.0953. The van der Waals surface area contributed by atoms with Crippen molar-refractivity contribution in [2.45, 2.75) is 51.5 Å². The van der Waals surface area contributed by atoms with Crippen LogP contribution in [0.4, 0.5) is 0 Å². The molecule has 1 heterocycles. The molecule has 1 aromatic carbocycles. The number of hydrogen-bond acceptors (Lipinski definition) is 2. The van der Waals surface area contributed by atoms with Crippen LogP contribution in [0.15, 0.2) is 18.2 Å². The zero-order valence-corrected chi connectivity index (χ0v) is 13.0. The van der Waals surface area contributed by atoms with E-state index < -0.39 is 0 Å². The van der Waals surface area contributed by atoms with Crippen molar-refractivity contribution in [1.29, 1.82) is 0 Å². The Bertz CT molecular complexity index is 508. The van der Waals surface area contributed by atoms with Gasteiger partial charge in [-0.05, 0) is 55.4 Å². The van der Waals surface area contributed by atoms with Gasteiger partial charge in [0.15, 0.2) is 0 Å². The van der Waals surface area contributed by atoms with E-state index in [9.17, 15) is 4.79 Å². The second-order valence-corrected chi connectivity index (χ2v) is 6.36. The van der Waals surface area contributed by atoms with E-state index in [1.807, 2.05) is 6.07 Å². The topological polar surface area (TPSA) is 32.3 Å². The minimum Gasteiger partial charge on any atom is -0.352 e. The molecule has 0 spiro atoms. The maximum absolute atomic E-state index is 12.1. The molecule has 3 rings (SSSR count). The number of rotatable bonds is 4. The average Bonchev–Trinajstić information content (AvgIpc) is 2.65. The molecule has 0 aromatic heterocycles. The Hall–Kier alpha value is -1.35. The second kappa shape index (κ2) is 6.61. The number of fused-ring (bicyclic) bond motifs is 1. The number of carbonyl (C=O) groups is 1. The molecule has 1 amide bonds. The fourth-order valence-corrected chi connectivity index (χ4v) is 3.34. The van der Waals surface area contributed by atoms with Crippen LogP contribution in [0.3, 0.4) is 0 Å². The van der Waals surface area contributed by atoms with Crippen LogP contribution in [-0.4, -0.2) is 36.5 Å². The number of amides is 1. The Morgan fingerprint density at radius 1 is 1.24 bits per heavy atom. The first-order valence-electron chi connectivity index (χ1n) is 8.42. The van der Waals surface area contributed by atoms with Crippen LogP contribution < -0.4 is 5.32 Å². The summed E-state index contributed by atoms with van der Waals surface area (Å²) in [6.07, 6.45) is 7.34. The zero-order valence-electron chi connectivity index (χ0n) is 13.0. The highest BCUT2D eigenvalue weighted by Gasteiger charge is 2.26. The SMILES string of the molecule is CCCNC(=O)c1ccc2c(c1)CCN(C1CCC1)CC2. The van der Waals surface area contributed by atoms with E-state index in [-0.39, 0.29) is 5.91 Å². The van der Waals surface area contributed by atoms with Crippen molar-refractivity contribution in [3.8, 4) is 0 Å². The Labute approximate surface area is 127 Å². The minimum atomic E-state index is 0.0692. The highest BCUT2D eigenvalue weighted by atomic mass is 16.1. The van der Waals surface area contributed by atoms with Crippen molar-refractivity contribution in [1.82, 2.24) is 10.2 Å². The zero-order chi connectivity index (χ0) is 14.7. The van der Waals surface area contributed by atoms with E-state index in [0.717, 1.165) is 44.0 Å². The number of hydrogen-bond donors (Lipinski definition) is 1. The maximum Gasteiger partial charge on any atom is 0.251 e. The number of nitrogens with zero attached hydrogens (tertiary/aromatic N) is 1. The number of benzene rings is 1. The van der Waals surface area contributed by atoms with Gasteiger partial charge in [0, 0.05) is 31.2 Å². The standard InChI is InChI=1S/C18H26N2O/c1-2-10-19-18(21)16-7-6-14-8-11-20(17-4-3-5-17)12-9-15(14)13-16/h6-7,13,17H,2-5,8-12H2,1H3,(H,19,21). The molecule has 114 valence electrons. The third-order valence-corrected chi connectivity index (χ3v) is 4.93. The van der Waals surface area contributed by atoms with E-state index in [4.69, 9.17) is 0 Å². The van der Waals surface area contributed by atoms with Crippen LogP contribution in [0.5, 0.6) is 0 Å². The molecule has 3 heteroatoms. The summed E-state index contributed by atoms with van der Waals surface area (Å²) in [5.41, 5.74) is 3.63. The highest BCUT2D eigenvalue weighted by molar-refractivity contribution is 5.94. The molecule has 1 saturated carbocycles. The first-order chi connectivity index (χ1) is 10.3. The monoisotopic (exact) mass is 286 g/mol. The van der Waals surface area contributed by atoms with Gasteiger partial charge < -0.3 is 5.32 Å². The molecule has 1 fully saturated rings. The van der Waals surface area contributed by atoms with Gasteiger partial charge in [-0.3, -0.25) is 9.69 Å². The largest absolute Gasteiger partial charge is 0.352 e. The Morgan fingerprint density at radius 2 is 2.00 bits per heavy atom. The van der Waals surface area contributed by atoms with Gasteiger partial charge in [0.2, 0.25) is 0 Å². The van der Waals surface area contributed by atoms with E-state index in [1.165, 1.54) is 36.9 Å². The first-order valence-corrected chi connectivity index (χ1v) is 8.42. The smallest absolute Gasteiger partial charge is 0.251 e. The fraction of sp³-hybridized carbons (Fsp3) is 0.611. The van der Waals surface area contributed by atoms with Gasteiger partial charge in [0.05, 0.1) is 0 Å². The molecule has 21 heavy (non-hydrogen) atoms. The Balaban J connectivity index is 1.68. The summed E-state index contributed by atoms with van der Waals surface area (Å²) < 4.78 is 0. The summed E-state index contributed by atoms with van der Waals surface area (Å²) in [6, 6.07) is 7.10. The van der Waals surface area contributed by atoms with Crippen LogP contribution in [-0.2, 0) is 12.8 Å². The van der Waals surface area contributed by atoms with Crippen LogP contribution in [0.1, 0.15) is 54.1 Å². The quantitative estimate of drug-likeness (QED) is 0.923. The first kappa shape index (κ1) is 14.6. The van der Waals surface area contributed by atoms with Gasteiger partial charge in [-0.1, -0.05) is 19.4 Å². The average molecular weight is 286 g/mol. The Kier molecular flexibility index (Phi) is 4.59.